The first-order valence-electron chi connectivity index (χ1n) is 11.3. The molecule has 1 aliphatic heterocycles. The lowest BCUT2D eigenvalue weighted by Crippen LogP contribution is -2.35. The van der Waals surface area contributed by atoms with E-state index in [1.807, 2.05) is 25.1 Å². The predicted octanol–water partition coefficient (Wildman–Crippen LogP) is 5.05. The fraction of sp³-hybridized carbons (Fsp3) is 0.240. The van der Waals surface area contributed by atoms with Crippen LogP contribution in [0.25, 0.3) is 10.2 Å². The van der Waals surface area contributed by atoms with Gasteiger partial charge in [0.05, 0.1) is 27.6 Å². The monoisotopic (exact) mass is 508 g/mol. The second-order valence-corrected chi connectivity index (χ2v) is 11.3. The van der Waals surface area contributed by atoms with E-state index in [0.717, 1.165) is 35.0 Å². The number of carbonyl (C=O) groups excluding carboxylic acids is 1. The molecular formula is C25H24N4O4S2. The lowest BCUT2D eigenvalue weighted by atomic mass is 10.2. The lowest BCUT2D eigenvalue weighted by molar-refractivity contribution is 0.0987. The summed E-state index contributed by atoms with van der Waals surface area (Å²) in [6, 6.07) is 15.3. The van der Waals surface area contributed by atoms with Gasteiger partial charge < -0.3 is 4.42 Å². The maximum Gasteiger partial charge on any atom is 0.280 e. The standard InChI is InChI=1S/C25H24N4O4S2/c1-18-7-12-22-23(16-18)34-25(27-22)29(26-17-20-6-5-15-33-20)24(30)19-8-10-21(11-9-19)35(31,32)28-13-3-2-4-14-28/h5-12,15-17H,2-4,13-14H2,1H3/b26-17+. The summed E-state index contributed by atoms with van der Waals surface area (Å²) in [6.45, 7) is 3.04. The molecule has 0 spiro atoms. The summed E-state index contributed by atoms with van der Waals surface area (Å²) >= 11 is 1.35. The van der Waals surface area contributed by atoms with Crippen LogP contribution in [0.15, 0.2) is 75.3 Å². The topological polar surface area (TPSA) is 96.1 Å². The predicted molar refractivity (Wildman–Crippen MR) is 137 cm³/mol. The molecule has 0 radical (unpaired) electrons. The van der Waals surface area contributed by atoms with Gasteiger partial charge in [-0.3, -0.25) is 4.79 Å². The van der Waals surface area contributed by atoms with Crippen molar-refractivity contribution >= 4 is 48.8 Å². The van der Waals surface area contributed by atoms with Crippen LogP contribution in [0, 0.1) is 6.92 Å². The first kappa shape index (κ1) is 23.4. The average molecular weight is 509 g/mol. The van der Waals surface area contributed by atoms with Gasteiger partial charge in [-0.1, -0.05) is 23.8 Å². The van der Waals surface area contributed by atoms with E-state index in [-0.39, 0.29) is 4.90 Å². The van der Waals surface area contributed by atoms with Gasteiger partial charge in [-0.15, -0.1) is 0 Å². The summed E-state index contributed by atoms with van der Waals surface area (Å²) in [6.07, 6.45) is 5.74. The molecule has 8 nitrogen and oxygen atoms in total. The van der Waals surface area contributed by atoms with Crippen LogP contribution in [0.2, 0.25) is 0 Å². The number of benzene rings is 2. The number of anilines is 1. The molecule has 4 aromatic rings. The van der Waals surface area contributed by atoms with Crippen molar-refractivity contribution in [1.29, 1.82) is 0 Å². The second kappa shape index (κ2) is 9.73. The van der Waals surface area contributed by atoms with Crippen molar-refractivity contribution in [2.24, 2.45) is 5.10 Å². The van der Waals surface area contributed by atoms with Crippen LogP contribution in [-0.2, 0) is 10.0 Å². The van der Waals surface area contributed by atoms with E-state index < -0.39 is 15.9 Å². The largest absolute Gasteiger partial charge is 0.463 e. The first-order valence-corrected chi connectivity index (χ1v) is 13.6. The number of rotatable bonds is 6. The van der Waals surface area contributed by atoms with Gasteiger partial charge in [0.1, 0.15) is 5.76 Å². The summed E-state index contributed by atoms with van der Waals surface area (Å²) in [5.74, 6) is 0.0632. The van der Waals surface area contributed by atoms with Crippen molar-refractivity contribution in [2.75, 3.05) is 18.1 Å². The molecule has 35 heavy (non-hydrogen) atoms. The maximum absolute atomic E-state index is 13.5. The molecule has 0 bridgehead atoms. The molecule has 10 heteroatoms. The minimum Gasteiger partial charge on any atom is -0.463 e. The van der Waals surface area contributed by atoms with Gasteiger partial charge in [-0.25, -0.2) is 13.4 Å². The Morgan fingerprint density at radius 1 is 1.11 bits per heavy atom. The lowest BCUT2D eigenvalue weighted by Gasteiger charge is -2.25. The minimum atomic E-state index is -3.58. The van der Waals surface area contributed by atoms with Crippen LogP contribution in [0.4, 0.5) is 5.13 Å². The van der Waals surface area contributed by atoms with Gasteiger partial charge in [-0.2, -0.15) is 14.4 Å². The average Bonchev–Trinajstić information content (AvgIpc) is 3.54. The Morgan fingerprint density at radius 3 is 2.60 bits per heavy atom. The Labute approximate surface area is 207 Å². The molecule has 0 unspecified atom stereocenters. The molecule has 180 valence electrons. The normalized spacial score (nSPS) is 15.1. The number of aromatic nitrogens is 1. The summed E-state index contributed by atoms with van der Waals surface area (Å²) in [4.78, 5) is 18.3. The number of hydrazone groups is 1. The third-order valence-corrected chi connectivity index (χ3v) is 8.71. The van der Waals surface area contributed by atoms with Crippen LogP contribution in [-0.4, -0.2) is 42.9 Å². The number of hydrogen-bond donors (Lipinski definition) is 0. The summed E-state index contributed by atoms with van der Waals surface area (Å²) < 4.78 is 33.7. The molecule has 0 saturated carbocycles. The molecule has 1 aliphatic rings. The highest BCUT2D eigenvalue weighted by molar-refractivity contribution is 7.89. The van der Waals surface area contributed by atoms with Crippen LogP contribution in [0.1, 0.15) is 40.9 Å². The van der Waals surface area contributed by atoms with E-state index in [1.165, 1.54) is 57.4 Å². The van der Waals surface area contributed by atoms with Crippen LogP contribution >= 0.6 is 11.3 Å². The Bertz CT molecular complexity index is 1470. The van der Waals surface area contributed by atoms with E-state index in [0.29, 0.717) is 29.5 Å². The molecular weight excluding hydrogens is 484 g/mol. The van der Waals surface area contributed by atoms with Gasteiger partial charge in [0.15, 0.2) is 0 Å². The number of carbonyl (C=O) groups is 1. The van der Waals surface area contributed by atoms with E-state index in [4.69, 9.17) is 4.42 Å². The molecule has 1 saturated heterocycles. The molecule has 0 atom stereocenters. The molecule has 1 fully saturated rings. The number of hydrogen-bond acceptors (Lipinski definition) is 7. The summed E-state index contributed by atoms with van der Waals surface area (Å²) in [5.41, 5.74) is 2.16. The van der Waals surface area contributed by atoms with E-state index >= 15 is 0 Å². The van der Waals surface area contributed by atoms with Gasteiger partial charge in [-0.05, 0) is 73.9 Å². The van der Waals surface area contributed by atoms with Crippen LogP contribution in [0.3, 0.4) is 0 Å². The highest BCUT2D eigenvalue weighted by Crippen LogP contribution is 2.31. The number of thiazole rings is 1. The maximum atomic E-state index is 13.5. The van der Waals surface area contributed by atoms with Gasteiger partial charge in [0.25, 0.3) is 5.91 Å². The Kier molecular flexibility index (Phi) is 6.50. The second-order valence-electron chi connectivity index (χ2n) is 8.33. The Balaban J connectivity index is 1.47. The van der Waals surface area contributed by atoms with Crippen LogP contribution in [0.5, 0.6) is 0 Å². The number of aryl methyl sites for hydroxylation is 1. The molecule has 0 N–H and O–H groups in total. The molecule has 1 amide bonds. The SMILES string of the molecule is Cc1ccc2nc(N(/N=C/c3ccco3)C(=O)c3ccc(S(=O)(=O)N4CCCCC4)cc3)sc2c1. The molecule has 3 heterocycles. The zero-order chi connectivity index (χ0) is 24.4. The quantitative estimate of drug-likeness (QED) is 0.268. The molecule has 2 aromatic carbocycles. The third-order valence-electron chi connectivity index (χ3n) is 5.80. The van der Waals surface area contributed by atoms with Crippen molar-refractivity contribution < 1.29 is 17.6 Å². The van der Waals surface area contributed by atoms with E-state index in [9.17, 15) is 13.2 Å². The Morgan fingerprint density at radius 2 is 1.89 bits per heavy atom. The van der Waals surface area contributed by atoms with Crippen LogP contribution < -0.4 is 5.01 Å². The highest BCUT2D eigenvalue weighted by atomic mass is 32.2. The fourth-order valence-electron chi connectivity index (χ4n) is 3.92. The van der Waals surface area contributed by atoms with Gasteiger partial charge in [0.2, 0.25) is 15.2 Å². The molecule has 2 aromatic heterocycles. The fourth-order valence-corrected chi connectivity index (χ4v) is 6.46. The summed E-state index contributed by atoms with van der Waals surface area (Å²) in [7, 11) is -3.58. The number of sulfonamides is 1. The van der Waals surface area contributed by atoms with E-state index in [1.54, 1.807) is 12.1 Å². The van der Waals surface area contributed by atoms with Crippen molar-refractivity contribution in [1.82, 2.24) is 9.29 Å². The highest BCUT2D eigenvalue weighted by Gasteiger charge is 2.27. The van der Waals surface area contributed by atoms with E-state index in [2.05, 4.69) is 10.1 Å². The number of piperidine rings is 1. The third kappa shape index (κ3) is 4.90. The van der Waals surface area contributed by atoms with Crippen molar-refractivity contribution in [3.8, 4) is 0 Å². The van der Waals surface area contributed by atoms with Gasteiger partial charge in [0, 0.05) is 18.7 Å². The number of amides is 1. The number of fused-ring (bicyclic) bond motifs is 1. The van der Waals surface area contributed by atoms with Crippen molar-refractivity contribution in [3.63, 3.8) is 0 Å². The molecule has 0 aliphatic carbocycles. The molecule has 5 rings (SSSR count). The zero-order valence-corrected chi connectivity index (χ0v) is 20.8. The zero-order valence-electron chi connectivity index (χ0n) is 19.1. The van der Waals surface area contributed by atoms with Crippen molar-refractivity contribution in [2.45, 2.75) is 31.1 Å². The smallest absolute Gasteiger partial charge is 0.280 e. The Hall–Kier alpha value is -3.34. The number of furan rings is 1. The van der Waals surface area contributed by atoms with Crippen molar-refractivity contribution in [3.05, 3.63) is 77.7 Å². The van der Waals surface area contributed by atoms with Gasteiger partial charge >= 0.3 is 0 Å². The number of nitrogens with zero attached hydrogens (tertiary/aromatic N) is 4. The summed E-state index contributed by atoms with van der Waals surface area (Å²) in [5, 5.41) is 5.99. The first-order chi connectivity index (χ1) is 16.9. The minimum absolute atomic E-state index is 0.178.